The van der Waals surface area contributed by atoms with Crippen LogP contribution in [0.25, 0.3) is 0 Å². The van der Waals surface area contributed by atoms with Crippen LogP contribution in [0.3, 0.4) is 0 Å². The number of rotatable bonds is 3. The molecular formula is C14H18N2OS. The molecule has 2 rings (SSSR count). The maximum atomic E-state index is 11.2. The van der Waals surface area contributed by atoms with Crippen molar-refractivity contribution in [2.75, 3.05) is 11.1 Å². The van der Waals surface area contributed by atoms with Crippen LogP contribution >= 0.6 is 11.8 Å². The molecule has 18 heavy (non-hydrogen) atoms. The number of nitrogens with one attached hydrogen (secondary N) is 1. The van der Waals surface area contributed by atoms with E-state index in [9.17, 15) is 4.79 Å². The fourth-order valence-electron chi connectivity index (χ4n) is 1.71. The summed E-state index contributed by atoms with van der Waals surface area (Å²) < 4.78 is 0. The lowest BCUT2D eigenvalue weighted by Crippen LogP contribution is -2.12. The first-order chi connectivity index (χ1) is 8.56. The van der Waals surface area contributed by atoms with Crippen molar-refractivity contribution in [2.45, 2.75) is 26.8 Å². The molecular weight excluding hydrogens is 244 g/mol. The van der Waals surface area contributed by atoms with Gasteiger partial charge in [0.1, 0.15) is 0 Å². The molecule has 1 aromatic carbocycles. The summed E-state index contributed by atoms with van der Waals surface area (Å²) in [6.07, 6.45) is 0. The van der Waals surface area contributed by atoms with Crippen LogP contribution in [0.15, 0.2) is 29.3 Å². The molecule has 0 bridgehead atoms. The van der Waals surface area contributed by atoms with Crippen molar-refractivity contribution >= 4 is 28.4 Å². The van der Waals surface area contributed by atoms with E-state index < -0.39 is 0 Å². The highest BCUT2D eigenvalue weighted by molar-refractivity contribution is 8.14. The molecule has 1 aromatic rings. The smallest absolute Gasteiger partial charge is 0.161 e. The second-order valence-corrected chi connectivity index (χ2v) is 5.82. The van der Waals surface area contributed by atoms with Gasteiger partial charge in [-0.1, -0.05) is 25.6 Å². The van der Waals surface area contributed by atoms with Crippen molar-refractivity contribution in [3.63, 3.8) is 0 Å². The maximum absolute atomic E-state index is 11.2. The van der Waals surface area contributed by atoms with E-state index in [1.807, 2.05) is 24.3 Å². The van der Waals surface area contributed by atoms with Gasteiger partial charge in [0, 0.05) is 17.0 Å². The van der Waals surface area contributed by atoms with Crippen LogP contribution in [0.5, 0.6) is 0 Å². The SMILES string of the molecule is CC(=O)c1ccc(NC2=N[C@@H](C(C)C)CS2)cc1. The Labute approximate surface area is 112 Å². The minimum absolute atomic E-state index is 0.0917. The number of benzene rings is 1. The summed E-state index contributed by atoms with van der Waals surface area (Å²) in [6.45, 7) is 5.96. The summed E-state index contributed by atoms with van der Waals surface area (Å²) in [4.78, 5) is 15.8. The fourth-order valence-corrected chi connectivity index (χ4v) is 2.90. The molecule has 1 N–H and O–H groups in total. The molecule has 1 heterocycles. The summed E-state index contributed by atoms with van der Waals surface area (Å²) in [5.41, 5.74) is 1.72. The van der Waals surface area contributed by atoms with Gasteiger partial charge in [0.15, 0.2) is 11.0 Å². The highest BCUT2D eigenvalue weighted by Crippen LogP contribution is 2.24. The predicted octanol–water partition coefficient (Wildman–Crippen LogP) is 3.43. The fraction of sp³-hybridized carbons (Fsp3) is 0.429. The number of Topliss-reactive ketones (excluding diaryl/α,β-unsaturated/α-hetero) is 1. The summed E-state index contributed by atoms with van der Waals surface area (Å²) in [7, 11) is 0. The van der Waals surface area contributed by atoms with E-state index >= 15 is 0 Å². The third-order valence-corrected chi connectivity index (χ3v) is 3.98. The first-order valence-corrected chi connectivity index (χ1v) is 7.13. The van der Waals surface area contributed by atoms with Gasteiger partial charge >= 0.3 is 0 Å². The average molecular weight is 262 g/mol. The zero-order chi connectivity index (χ0) is 13.1. The number of amidine groups is 1. The first kappa shape index (κ1) is 13.1. The van der Waals surface area contributed by atoms with Gasteiger partial charge in [-0.25, -0.2) is 0 Å². The van der Waals surface area contributed by atoms with E-state index in [0.29, 0.717) is 12.0 Å². The Kier molecular flexibility index (Phi) is 4.07. The summed E-state index contributed by atoms with van der Waals surface area (Å²) in [5, 5.41) is 4.27. The topological polar surface area (TPSA) is 41.5 Å². The average Bonchev–Trinajstić information content (AvgIpc) is 2.78. The molecule has 0 saturated heterocycles. The number of nitrogens with zero attached hydrogens (tertiary/aromatic N) is 1. The number of carbonyl (C=O) groups excluding carboxylic acids is 1. The number of hydrogen-bond donors (Lipinski definition) is 1. The molecule has 0 fully saturated rings. The minimum Gasteiger partial charge on any atom is -0.335 e. The van der Waals surface area contributed by atoms with Crippen LogP contribution in [0, 0.1) is 5.92 Å². The third kappa shape index (κ3) is 3.13. The quantitative estimate of drug-likeness (QED) is 0.849. The van der Waals surface area contributed by atoms with Crippen LogP contribution in [-0.4, -0.2) is 22.7 Å². The number of aliphatic imine (C=N–C) groups is 1. The molecule has 1 atom stereocenters. The van der Waals surface area contributed by atoms with Crippen molar-refractivity contribution in [2.24, 2.45) is 10.9 Å². The summed E-state index contributed by atoms with van der Waals surface area (Å²) in [5.74, 6) is 1.72. The molecule has 1 aliphatic rings. The third-order valence-electron chi connectivity index (χ3n) is 2.99. The summed E-state index contributed by atoms with van der Waals surface area (Å²) in [6, 6.07) is 7.93. The maximum Gasteiger partial charge on any atom is 0.161 e. The molecule has 0 amide bonds. The Morgan fingerprint density at radius 3 is 2.56 bits per heavy atom. The summed E-state index contributed by atoms with van der Waals surface area (Å²) >= 11 is 1.76. The molecule has 3 nitrogen and oxygen atoms in total. The molecule has 0 aliphatic carbocycles. The molecule has 0 spiro atoms. The van der Waals surface area contributed by atoms with Crippen LogP contribution in [0.4, 0.5) is 5.69 Å². The Morgan fingerprint density at radius 2 is 2.06 bits per heavy atom. The van der Waals surface area contributed by atoms with Gasteiger partial charge in [-0.05, 0) is 37.1 Å². The molecule has 4 heteroatoms. The van der Waals surface area contributed by atoms with Gasteiger partial charge in [0.05, 0.1) is 6.04 Å². The highest BCUT2D eigenvalue weighted by atomic mass is 32.2. The van der Waals surface area contributed by atoms with Gasteiger partial charge < -0.3 is 5.32 Å². The largest absolute Gasteiger partial charge is 0.335 e. The lowest BCUT2D eigenvalue weighted by molar-refractivity contribution is 0.101. The van der Waals surface area contributed by atoms with Crippen molar-refractivity contribution in [3.05, 3.63) is 29.8 Å². The number of anilines is 1. The van der Waals surface area contributed by atoms with Crippen LogP contribution in [-0.2, 0) is 0 Å². The van der Waals surface area contributed by atoms with Gasteiger partial charge in [-0.2, -0.15) is 0 Å². The van der Waals surface area contributed by atoms with Gasteiger partial charge in [0.2, 0.25) is 0 Å². The zero-order valence-corrected chi connectivity index (χ0v) is 11.8. The molecule has 96 valence electrons. The molecule has 0 aromatic heterocycles. The number of thioether (sulfide) groups is 1. The Morgan fingerprint density at radius 1 is 1.39 bits per heavy atom. The predicted molar refractivity (Wildman–Crippen MR) is 78.6 cm³/mol. The van der Waals surface area contributed by atoms with Crippen molar-refractivity contribution in [1.29, 1.82) is 0 Å². The second kappa shape index (κ2) is 5.57. The second-order valence-electron chi connectivity index (χ2n) is 4.82. The van der Waals surface area contributed by atoms with Crippen LogP contribution in [0.1, 0.15) is 31.1 Å². The lowest BCUT2D eigenvalue weighted by atomic mass is 10.1. The zero-order valence-electron chi connectivity index (χ0n) is 10.9. The van der Waals surface area contributed by atoms with Crippen molar-refractivity contribution in [3.8, 4) is 0 Å². The van der Waals surface area contributed by atoms with Crippen LogP contribution in [0.2, 0.25) is 0 Å². The van der Waals surface area contributed by atoms with E-state index in [-0.39, 0.29) is 5.78 Å². The number of ketones is 1. The molecule has 0 radical (unpaired) electrons. The van der Waals surface area contributed by atoms with E-state index in [1.54, 1.807) is 18.7 Å². The molecule has 0 saturated carbocycles. The van der Waals surface area contributed by atoms with Crippen molar-refractivity contribution in [1.82, 2.24) is 0 Å². The Bertz CT molecular complexity index is 465. The normalized spacial score (nSPS) is 18.9. The molecule has 0 unspecified atom stereocenters. The minimum atomic E-state index is 0.0917. The number of carbonyl (C=O) groups is 1. The van der Waals surface area contributed by atoms with E-state index in [2.05, 4.69) is 24.2 Å². The van der Waals surface area contributed by atoms with E-state index in [0.717, 1.165) is 22.2 Å². The van der Waals surface area contributed by atoms with Gasteiger partial charge in [0.25, 0.3) is 0 Å². The molecule has 1 aliphatic heterocycles. The number of hydrogen-bond acceptors (Lipinski definition) is 4. The van der Waals surface area contributed by atoms with Gasteiger partial charge in [-0.3, -0.25) is 9.79 Å². The Hall–Kier alpha value is -1.29. The highest BCUT2D eigenvalue weighted by Gasteiger charge is 2.20. The lowest BCUT2D eigenvalue weighted by Gasteiger charge is -2.08. The van der Waals surface area contributed by atoms with E-state index in [4.69, 9.17) is 0 Å². The first-order valence-electron chi connectivity index (χ1n) is 6.15. The van der Waals surface area contributed by atoms with Crippen LogP contribution < -0.4 is 5.32 Å². The van der Waals surface area contributed by atoms with E-state index in [1.165, 1.54) is 0 Å². The standard InChI is InChI=1S/C14H18N2OS/c1-9(2)13-8-18-14(16-13)15-12-6-4-11(5-7-12)10(3)17/h4-7,9,13H,8H2,1-3H3,(H,15,16)/t13-/m1/s1. The Balaban J connectivity index is 2.02. The monoisotopic (exact) mass is 262 g/mol. The van der Waals surface area contributed by atoms with Crippen molar-refractivity contribution < 1.29 is 4.79 Å². The van der Waals surface area contributed by atoms with Gasteiger partial charge in [-0.15, -0.1) is 0 Å².